The van der Waals surface area contributed by atoms with Crippen LogP contribution in [-0.4, -0.2) is 67.4 Å². The SMILES string of the molecule is CCN(CC)S(=O)(=O)c1ccc2c(c1)cc(C(=O)NCCN1CCCCC1)n2C. The summed E-state index contributed by atoms with van der Waals surface area (Å²) >= 11 is 0. The predicted molar refractivity (Wildman–Crippen MR) is 116 cm³/mol. The van der Waals surface area contributed by atoms with Crippen LogP contribution in [0, 0.1) is 0 Å². The van der Waals surface area contributed by atoms with Crippen molar-refractivity contribution in [3.8, 4) is 0 Å². The second-order valence-corrected chi connectivity index (χ2v) is 9.49. The molecule has 0 spiro atoms. The molecule has 0 radical (unpaired) electrons. The monoisotopic (exact) mass is 420 g/mol. The van der Waals surface area contributed by atoms with Crippen molar-refractivity contribution in [1.29, 1.82) is 0 Å². The van der Waals surface area contributed by atoms with Gasteiger partial charge in [0.2, 0.25) is 10.0 Å². The maximum atomic E-state index is 12.8. The van der Waals surface area contributed by atoms with Gasteiger partial charge in [-0.15, -0.1) is 0 Å². The van der Waals surface area contributed by atoms with Crippen molar-refractivity contribution in [2.45, 2.75) is 38.0 Å². The first-order valence-corrected chi connectivity index (χ1v) is 11.9. The van der Waals surface area contributed by atoms with Crippen LogP contribution in [0.15, 0.2) is 29.2 Å². The number of carbonyl (C=O) groups is 1. The van der Waals surface area contributed by atoms with Gasteiger partial charge in [-0.25, -0.2) is 8.42 Å². The van der Waals surface area contributed by atoms with E-state index in [0.717, 1.165) is 30.5 Å². The summed E-state index contributed by atoms with van der Waals surface area (Å²) in [7, 11) is -1.69. The Morgan fingerprint density at radius 1 is 1.10 bits per heavy atom. The van der Waals surface area contributed by atoms with E-state index in [2.05, 4.69) is 10.2 Å². The molecule has 29 heavy (non-hydrogen) atoms. The van der Waals surface area contributed by atoms with Crippen molar-refractivity contribution in [1.82, 2.24) is 19.1 Å². The van der Waals surface area contributed by atoms with E-state index in [1.54, 1.807) is 24.3 Å². The van der Waals surface area contributed by atoms with Gasteiger partial charge in [0.1, 0.15) is 5.69 Å². The first kappa shape index (κ1) is 21.8. The fourth-order valence-electron chi connectivity index (χ4n) is 4.02. The number of fused-ring (bicyclic) bond motifs is 1. The molecule has 1 N–H and O–H groups in total. The molecule has 1 fully saturated rings. The van der Waals surface area contributed by atoms with Crippen molar-refractivity contribution < 1.29 is 13.2 Å². The Morgan fingerprint density at radius 3 is 2.45 bits per heavy atom. The van der Waals surface area contributed by atoms with Crippen molar-refractivity contribution in [3.05, 3.63) is 30.0 Å². The molecule has 7 nitrogen and oxygen atoms in total. The third-order valence-electron chi connectivity index (χ3n) is 5.75. The molecule has 2 aromatic rings. The molecule has 1 aliphatic heterocycles. The van der Waals surface area contributed by atoms with E-state index in [4.69, 9.17) is 0 Å². The number of aryl methyl sites for hydroxylation is 1. The Labute approximate surface area is 173 Å². The number of nitrogens with zero attached hydrogens (tertiary/aromatic N) is 3. The number of amides is 1. The van der Waals surface area contributed by atoms with Crippen LogP contribution in [0.25, 0.3) is 10.9 Å². The maximum Gasteiger partial charge on any atom is 0.267 e. The van der Waals surface area contributed by atoms with Gasteiger partial charge >= 0.3 is 0 Å². The number of hydrogen-bond acceptors (Lipinski definition) is 4. The zero-order valence-corrected chi connectivity index (χ0v) is 18.5. The van der Waals surface area contributed by atoms with Crippen LogP contribution >= 0.6 is 0 Å². The van der Waals surface area contributed by atoms with Gasteiger partial charge in [0.25, 0.3) is 5.91 Å². The summed E-state index contributed by atoms with van der Waals surface area (Å²) in [6.07, 6.45) is 3.76. The molecule has 1 saturated heterocycles. The summed E-state index contributed by atoms with van der Waals surface area (Å²) in [5, 5.41) is 3.75. The van der Waals surface area contributed by atoms with E-state index in [-0.39, 0.29) is 10.8 Å². The van der Waals surface area contributed by atoms with Crippen molar-refractivity contribution in [3.63, 3.8) is 0 Å². The molecule has 8 heteroatoms. The highest BCUT2D eigenvalue weighted by Crippen LogP contribution is 2.24. The largest absolute Gasteiger partial charge is 0.349 e. The molecule has 1 aromatic carbocycles. The Kier molecular flexibility index (Phi) is 6.97. The normalized spacial score (nSPS) is 15.9. The second kappa shape index (κ2) is 9.28. The lowest BCUT2D eigenvalue weighted by atomic mass is 10.1. The molecule has 0 aliphatic carbocycles. The smallest absolute Gasteiger partial charge is 0.267 e. The lowest BCUT2D eigenvalue weighted by Gasteiger charge is -2.26. The van der Waals surface area contributed by atoms with Gasteiger partial charge in [-0.3, -0.25) is 4.79 Å². The average Bonchev–Trinajstić information content (AvgIpc) is 3.05. The number of likely N-dealkylation sites (tertiary alicyclic amines) is 1. The number of sulfonamides is 1. The van der Waals surface area contributed by atoms with Gasteiger partial charge in [-0.1, -0.05) is 20.3 Å². The molecular weight excluding hydrogens is 388 g/mol. The number of nitrogens with one attached hydrogen (secondary N) is 1. The van der Waals surface area contributed by atoms with Gasteiger partial charge in [0.15, 0.2) is 0 Å². The average molecular weight is 421 g/mol. The topological polar surface area (TPSA) is 74.7 Å². The van der Waals surface area contributed by atoms with Crippen LogP contribution in [0.3, 0.4) is 0 Å². The molecule has 1 amide bonds. The van der Waals surface area contributed by atoms with Gasteiger partial charge in [0, 0.05) is 44.1 Å². The minimum Gasteiger partial charge on any atom is -0.349 e. The van der Waals surface area contributed by atoms with E-state index in [9.17, 15) is 13.2 Å². The van der Waals surface area contributed by atoms with Crippen LogP contribution in [0.4, 0.5) is 0 Å². The molecule has 1 aliphatic rings. The summed E-state index contributed by atoms with van der Waals surface area (Å²) in [5.74, 6) is -0.131. The first-order chi connectivity index (χ1) is 13.9. The summed E-state index contributed by atoms with van der Waals surface area (Å²) in [6, 6.07) is 6.82. The Bertz CT molecular complexity index is 958. The molecule has 0 unspecified atom stereocenters. The summed E-state index contributed by atoms with van der Waals surface area (Å²) in [6.45, 7) is 8.20. The molecule has 1 aromatic heterocycles. The number of carbonyl (C=O) groups excluding carboxylic acids is 1. The first-order valence-electron chi connectivity index (χ1n) is 10.5. The van der Waals surface area contributed by atoms with Crippen LogP contribution in [0.5, 0.6) is 0 Å². The fourth-order valence-corrected chi connectivity index (χ4v) is 5.51. The maximum absolute atomic E-state index is 12.8. The molecule has 2 heterocycles. The number of piperidine rings is 1. The lowest BCUT2D eigenvalue weighted by molar-refractivity contribution is 0.0939. The Morgan fingerprint density at radius 2 is 1.79 bits per heavy atom. The van der Waals surface area contributed by atoms with Crippen molar-refractivity contribution >= 4 is 26.8 Å². The van der Waals surface area contributed by atoms with E-state index in [1.165, 1.54) is 23.6 Å². The Balaban J connectivity index is 1.75. The van der Waals surface area contributed by atoms with Crippen LogP contribution < -0.4 is 5.32 Å². The third-order valence-corrected chi connectivity index (χ3v) is 7.80. The van der Waals surface area contributed by atoms with Crippen LogP contribution in [0.2, 0.25) is 0 Å². The van der Waals surface area contributed by atoms with Crippen LogP contribution in [-0.2, 0) is 17.1 Å². The molecule has 0 bridgehead atoms. The second-order valence-electron chi connectivity index (χ2n) is 7.56. The highest BCUT2D eigenvalue weighted by atomic mass is 32.2. The number of aromatic nitrogens is 1. The van der Waals surface area contributed by atoms with E-state index in [1.807, 2.05) is 25.5 Å². The number of benzene rings is 1. The van der Waals surface area contributed by atoms with Crippen molar-refractivity contribution in [2.24, 2.45) is 7.05 Å². The molecule has 3 rings (SSSR count). The number of hydrogen-bond donors (Lipinski definition) is 1. The third kappa shape index (κ3) is 4.65. The zero-order valence-electron chi connectivity index (χ0n) is 17.6. The molecule has 0 atom stereocenters. The van der Waals surface area contributed by atoms with Crippen LogP contribution in [0.1, 0.15) is 43.6 Å². The quantitative estimate of drug-likeness (QED) is 0.712. The summed E-state index contributed by atoms with van der Waals surface area (Å²) < 4.78 is 28.8. The lowest BCUT2D eigenvalue weighted by Crippen LogP contribution is -2.38. The van der Waals surface area contributed by atoms with E-state index in [0.29, 0.717) is 25.3 Å². The van der Waals surface area contributed by atoms with Gasteiger partial charge in [-0.2, -0.15) is 4.31 Å². The highest BCUT2D eigenvalue weighted by Gasteiger charge is 2.23. The molecule has 0 saturated carbocycles. The predicted octanol–water partition coefficient (Wildman–Crippen LogP) is 2.42. The van der Waals surface area contributed by atoms with Gasteiger partial charge < -0.3 is 14.8 Å². The number of rotatable bonds is 8. The standard InChI is InChI=1S/C21H32N4O3S/c1-4-25(5-2)29(27,28)18-9-10-19-17(15-18)16-20(23(19)3)21(26)22-11-14-24-12-7-6-8-13-24/h9-10,15-16H,4-8,11-14H2,1-3H3,(H,22,26). The van der Waals surface area contributed by atoms with Crippen molar-refractivity contribution in [2.75, 3.05) is 39.3 Å². The Hall–Kier alpha value is -1.90. The summed E-state index contributed by atoms with van der Waals surface area (Å²) in [5.41, 5.74) is 1.38. The minimum atomic E-state index is -3.53. The summed E-state index contributed by atoms with van der Waals surface area (Å²) in [4.78, 5) is 15.3. The molecular formula is C21H32N4O3S. The highest BCUT2D eigenvalue weighted by molar-refractivity contribution is 7.89. The molecule has 160 valence electrons. The van der Waals surface area contributed by atoms with Gasteiger partial charge in [0.05, 0.1) is 4.90 Å². The minimum absolute atomic E-state index is 0.131. The van der Waals surface area contributed by atoms with Gasteiger partial charge in [-0.05, 0) is 50.2 Å². The zero-order chi connectivity index (χ0) is 21.0. The van der Waals surface area contributed by atoms with E-state index >= 15 is 0 Å². The fraction of sp³-hybridized carbons (Fsp3) is 0.571. The van der Waals surface area contributed by atoms with E-state index < -0.39 is 10.0 Å².